The van der Waals surface area contributed by atoms with Crippen molar-refractivity contribution in [2.45, 2.75) is 6.61 Å². The molecule has 0 unspecified atom stereocenters. The number of anilines is 1. The Bertz CT molecular complexity index is 675. The van der Waals surface area contributed by atoms with E-state index in [9.17, 15) is 4.79 Å². The van der Waals surface area contributed by atoms with Gasteiger partial charge in [-0.1, -0.05) is 29.3 Å². The van der Waals surface area contributed by atoms with Crippen LogP contribution in [0.2, 0.25) is 10.0 Å². The highest BCUT2D eigenvalue weighted by Crippen LogP contribution is 2.26. The predicted octanol–water partition coefficient (Wildman–Crippen LogP) is 3.11. The Hall–Kier alpha value is -2.02. The quantitative estimate of drug-likeness (QED) is 0.867. The monoisotopic (exact) mass is 369 g/mol. The summed E-state index contributed by atoms with van der Waals surface area (Å²) < 4.78 is 5.65. The normalized spacial score (nSPS) is 13.2. The van der Waals surface area contributed by atoms with Gasteiger partial charge in [-0.15, -0.1) is 0 Å². The maximum atomic E-state index is 11.6. The highest BCUT2D eigenvalue weighted by molar-refractivity contribution is 6.35. The average Bonchev–Trinajstić information content (AvgIpc) is 3.03. The number of benzene rings is 1. The average molecular weight is 370 g/mol. The molecule has 2 heterocycles. The first-order valence-corrected chi connectivity index (χ1v) is 7.92. The standard InChI is InChI=1S/C15H13Cl2N3O2.CH4O/c16-12-2-1-3-13(17)11(12)9-22-10-4-5-14(19-8-10)20-7-6-18-15(20)21;1-2/h1-5,8H,6-7,9H2,(H,18,21);2H,1H3. The third-order valence-corrected chi connectivity index (χ3v) is 4.01. The second kappa shape index (κ2) is 8.73. The first-order valence-electron chi connectivity index (χ1n) is 7.17. The minimum atomic E-state index is -0.135. The molecule has 0 spiro atoms. The van der Waals surface area contributed by atoms with Crippen molar-refractivity contribution in [3.63, 3.8) is 0 Å². The van der Waals surface area contributed by atoms with Crippen molar-refractivity contribution in [3.05, 3.63) is 52.1 Å². The van der Waals surface area contributed by atoms with Gasteiger partial charge in [0.1, 0.15) is 18.2 Å². The second-order valence-electron chi connectivity index (χ2n) is 4.72. The number of hydrogen-bond donors (Lipinski definition) is 2. The molecule has 0 aliphatic carbocycles. The van der Waals surface area contributed by atoms with Gasteiger partial charge in [0.2, 0.25) is 0 Å². The molecule has 1 saturated heterocycles. The van der Waals surface area contributed by atoms with Gasteiger partial charge in [-0.2, -0.15) is 0 Å². The Balaban J connectivity index is 0.00000100. The molecular formula is C16H17Cl2N3O3. The number of amides is 2. The van der Waals surface area contributed by atoms with Crippen molar-refractivity contribution >= 4 is 35.1 Å². The van der Waals surface area contributed by atoms with Crippen molar-refractivity contribution in [1.29, 1.82) is 0 Å². The van der Waals surface area contributed by atoms with E-state index in [-0.39, 0.29) is 12.6 Å². The molecule has 24 heavy (non-hydrogen) atoms. The number of nitrogens with zero attached hydrogens (tertiary/aromatic N) is 2. The molecule has 0 atom stereocenters. The smallest absolute Gasteiger partial charge is 0.323 e. The molecule has 1 aliphatic heterocycles. The lowest BCUT2D eigenvalue weighted by Crippen LogP contribution is -2.28. The van der Waals surface area contributed by atoms with Crippen LogP contribution in [0.15, 0.2) is 36.5 Å². The van der Waals surface area contributed by atoms with E-state index in [4.69, 9.17) is 33.0 Å². The fourth-order valence-electron chi connectivity index (χ4n) is 2.13. The topological polar surface area (TPSA) is 74.7 Å². The van der Waals surface area contributed by atoms with Crippen LogP contribution in [0.1, 0.15) is 5.56 Å². The number of carbonyl (C=O) groups is 1. The number of halogens is 2. The van der Waals surface area contributed by atoms with E-state index in [1.807, 2.05) is 0 Å². The Morgan fingerprint density at radius 1 is 1.25 bits per heavy atom. The molecule has 8 heteroatoms. The summed E-state index contributed by atoms with van der Waals surface area (Å²) in [4.78, 5) is 17.4. The molecule has 0 bridgehead atoms. The molecule has 2 amide bonds. The molecule has 1 fully saturated rings. The van der Waals surface area contributed by atoms with E-state index in [1.165, 1.54) is 0 Å². The molecule has 0 radical (unpaired) electrons. The molecule has 128 valence electrons. The first-order chi connectivity index (χ1) is 11.6. The van der Waals surface area contributed by atoms with Crippen LogP contribution in [0, 0.1) is 0 Å². The molecular weight excluding hydrogens is 353 g/mol. The Morgan fingerprint density at radius 2 is 1.96 bits per heavy atom. The Kier molecular flexibility index (Phi) is 6.66. The minimum Gasteiger partial charge on any atom is -0.487 e. The molecule has 2 aromatic rings. The summed E-state index contributed by atoms with van der Waals surface area (Å²) in [5.74, 6) is 1.18. The molecule has 6 nitrogen and oxygen atoms in total. The van der Waals surface area contributed by atoms with Gasteiger partial charge >= 0.3 is 6.03 Å². The number of hydrogen-bond acceptors (Lipinski definition) is 4. The van der Waals surface area contributed by atoms with Gasteiger partial charge in [0.15, 0.2) is 0 Å². The van der Waals surface area contributed by atoms with Crippen LogP contribution in [0.3, 0.4) is 0 Å². The summed E-state index contributed by atoms with van der Waals surface area (Å²) in [6.07, 6.45) is 1.58. The summed E-state index contributed by atoms with van der Waals surface area (Å²) in [5.41, 5.74) is 0.730. The van der Waals surface area contributed by atoms with Gasteiger partial charge in [0.25, 0.3) is 0 Å². The maximum absolute atomic E-state index is 11.6. The number of nitrogens with one attached hydrogen (secondary N) is 1. The van der Waals surface area contributed by atoms with E-state index >= 15 is 0 Å². The van der Waals surface area contributed by atoms with Crippen LogP contribution >= 0.6 is 23.2 Å². The first kappa shape index (κ1) is 18.3. The van der Waals surface area contributed by atoms with Crippen LogP contribution in [0.5, 0.6) is 5.75 Å². The van der Waals surface area contributed by atoms with Gasteiger partial charge < -0.3 is 15.2 Å². The predicted molar refractivity (Wildman–Crippen MR) is 93.9 cm³/mol. The minimum absolute atomic E-state index is 0.135. The van der Waals surface area contributed by atoms with Crippen LogP contribution in [0.4, 0.5) is 10.6 Å². The van der Waals surface area contributed by atoms with E-state index in [2.05, 4.69) is 10.3 Å². The molecule has 1 aromatic carbocycles. The summed E-state index contributed by atoms with van der Waals surface area (Å²) in [6.45, 7) is 1.49. The van der Waals surface area contributed by atoms with Crippen LogP contribution in [-0.2, 0) is 6.61 Å². The SMILES string of the molecule is CO.O=C1NCCN1c1ccc(OCc2c(Cl)cccc2Cl)cn1. The fourth-order valence-corrected chi connectivity index (χ4v) is 2.64. The van der Waals surface area contributed by atoms with Gasteiger partial charge in [-0.25, -0.2) is 9.78 Å². The molecule has 0 saturated carbocycles. The number of aliphatic hydroxyl groups excluding tert-OH is 1. The van der Waals surface area contributed by atoms with Crippen molar-refractivity contribution in [2.75, 3.05) is 25.1 Å². The molecule has 1 aromatic heterocycles. The van der Waals surface area contributed by atoms with Crippen molar-refractivity contribution < 1.29 is 14.6 Å². The molecule has 1 aliphatic rings. The highest BCUT2D eigenvalue weighted by atomic mass is 35.5. The summed E-state index contributed by atoms with van der Waals surface area (Å²) >= 11 is 12.2. The fraction of sp³-hybridized carbons (Fsp3) is 0.250. The number of carbonyl (C=O) groups excluding carboxylic acids is 1. The maximum Gasteiger partial charge on any atom is 0.323 e. The van der Waals surface area contributed by atoms with Crippen molar-refractivity contribution in [2.24, 2.45) is 0 Å². The summed E-state index contributed by atoms with van der Waals surface area (Å²) in [6, 6.07) is 8.68. The number of aromatic nitrogens is 1. The number of pyridine rings is 1. The van der Waals surface area contributed by atoms with Gasteiger partial charge in [0.05, 0.1) is 6.20 Å². The van der Waals surface area contributed by atoms with Gasteiger partial charge in [0, 0.05) is 35.8 Å². The lowest BCUT2D eigenvalue weighted by atomic mass is 10.2. The third kappa shape index (κ3) is 4.29. The lowest BCUT2D eigenvalue weighted by molar-refractivity contribution is 0.252. The Labute approximate surface area is 150 Å². The Morgan fingerprint density at radius 3 is 2.50 bits per heavy atom. The zero-order chi connectivity index (χ0) is 17.5. The van der Waals surface area contributed by atoms with E-state index in [0.717, 1.165) is 12.7 Å². The van der Waals surface area contributed by atoms with Crippen LogP contribution < -0.4 is 15.0 Å². The number of rotatable bonds is 4. The highest BCUT2D eigenvalue weighted by Gasteiger charge is 2.21. The summed E-state index contributed by atoms with van der Waals surface area (Å²) in [7, 11) is 1.00. The number of ether oxygens (including phenoxy) is 1. The van der Waals surface area contributed by atoms with Crippen LogP contribution in [0.25, 0.3) is 0 Å². The van der Waals surface area contributed by atoms with Crippen molar-refractivity contribution in [3.8, 4) is 5.75 Å². The van der Waals surface area contributed by atoms with E-state index in [1.54, 1.807) is 41.4 Å². The third-order valence-electron chi connectivity index (χ3n) is 3.30. The number of urea groups is 1. The summed E-state index contributed by atoms with van der Waals surface area (Å²) in [5, 5.41) is 10.9. The van der Waals surface area contributed by atoms with Gasteiger partial charge in [-0.05, 0) is 24.3 Å². The lowest BCUT2D eigenvalue weighted by Gasteiger charge is -2.14. The van der Waals surface area contributed by atoms with E-state index in [0.29, 0.717) is 34.7 Å². The van der Waals surface area contributed by atoms with E-state index < -0.39 is 0 Å². The zero-order valence-electron chi connectivity index (χ0n) is 13.0. The zero-order valence-corrected chi connectivity index (χ0v) is 14.5. The molecule has 2 N–H and O–H groups in total. The largest absolute Gasteiger partial charge is 0.487 e. The molecule has 3 rings (SSSR count). The van der Waals surface area contributed by atoms with Gasteiger partial charge in [-0.3, -0.25) is 4.90 Å². The second-order valence-corrected chi connectivity index (χ2v) is 5.54. The van der Waals surface area contributed by atoms with Crippen LogP contribution in [-0.4, -0.2) is 36.3 Å². The number of aliphatic hydroxyl groups is 1. The van der Waals surface area contributed by atoms with Crippen molar-refractivity contribution in [1.82, 2.24) is 10.3 Å².